The van der Waals surface area contributed by atoms with Crippen molar-refractivity contribution < 1.29 is 13.2 Å². The van der Waals surface area contributed by atoms with Crippen molar-refractivity contribution in [2.45, 2.75) is 26.3 Å². The molecular weight excluding hydrogens is 352 g/mol. The van der Waals surface area contributed by atoms with Gasteiger partial charge in [-0.05, 0) is 38.0 Å². The molecule has 1 N–H and O–H groups in total. The SMILES string of the molecule is CCN(c1ncc(C(=O)Nc2cccc(C)c2)cn1)C1CCS(=O)(=O)C1. The van der Waals surface area contributed by atoms with Gasteiger partial charge >= 0.3 is 0 Å². The third-order valence-electron chi connectivity index (χ3n) is 4.42. The summed E-state index contributed by atoms with van der Waals surface area (Å²) in [5, 5.41) is 2.82. The first-order valence-corrected chi connectivity index (χ1v) is 10.4. The number of rotatable bonds is 5. The number of hydrogen-bond acceptors (Lipinski definition) is 6. The quantitative estimate of drug-likeness (QED) is 0.861. The largest absolute Gasteiger partial charge is 0.337 e. The van der Waals surface area contributed by atoms with Crippen LogP contribution in [0.5, 0.6) is 0 Å². The maximum absolute atomic E-state index is 12.3. The van der Waals surface area contributed by atoms with Gasteiger partial charge in [-0.15, -0.1) is 0 Å². The minimum atomic E-state index is -2.98. The first kappa shape index (κ1) is 18.3. The summed E-state index contributed by atoms with van der Waals surface area (Å²) >= 11 is 0. The van der Waals surface area contributed by atoms with E-state index in [0.29, 0.717) is 30.2 Å². The van der Waals surface area contributed by atoms with Gasteiger partial charge in [-0.25, -0.2) is 18.4 Å². The van der Waals surface area contributed by atoms with Gasteiger partial charge in [0.25, 0.3) is 5.91 Å². The molecule has 26 heavy (non-hydrogen) atoms. The Morgan fingerprint density at radius 2 is 2.04 bits per heavy atom. The molecule has 3 rings (SSSR count). The molecule has 1 unspecified atom stereocenters. The van der Waals surface area contributed by atoms with Crippen LogP contribution in [0.2, 0.25) is 0 Å². The lowest BCUT2D eigenvalue weighted by Gasteiger charge is -2.26. The van der Waals surface area contributed by atoms with Gasteiger partial charge in [0.1, 0.15) is 0 Å². The number of hydrogen-bond donors (Lipinski definition) is 1. The fourth-order valence-electron chi connectivity index (χ4n) is 3.10. The van der Waals surface area contributed by atoms with Crippen LogP contribution in [0.15, 0.2) is 36.7 Å². The number of sulfone groups is 1. The molecule has 1 atom stereocenters. The van der Waals surface area contributed by atoms with E-state index in [1.54, 1.807) is 0 Å². The van der Waals surface area contributed by atoms with Gasteiger partial charge < -0.3 is 10.2 Å². The zero-order valence-corrected chi connectivity index (χ0v) is 15.7. The van der Waals surface area contributed by atoms with Crippen molar-refractivity contribution in [1.82, 2.24) is 9.97 Å². The van der Waals surface area contributed by atoms with E-state index in [-0.39, 0.29) is 23.5 Å². The van der Waals surface area contributed by atoms with Crippen LogP contribution in [0.4, 0.5) is 11.6 Å². The minimum Gasteiger partial charge on any atom is -0.337 e. The number of carbonyl (C=O) groups excluding carboxylic acids is 1. The van der Waals surface area contributed by atoms with Crippen molar-refractivity contribution in [3.8, 4) is 0 Å². The predicted molar refractivity (Wildman–Crippen MR) is 101 cm³/mol. The second kappa shape index (κ2) is 7.41. The number of carbonyl (C=O) groups is 1. The second-order valence-electron chi connectivity index (χ2n) is 6.44. The van der Waals surface area contributed by atoms with Crippen LogP contribution in [0.1, 0.15) is 29.3 Å². The number of amides is 1. The molecule has 1 aromatic carbocycles. The summed E-state index contributed by atoms with van der Waals surface area (Å²) in [5.41, 5.74) is 2.12. The van der Waals surface area contributed by atoms with E-state index in [9.17, 15) is 13.2 Å². The Bertz CT molecular complexity index is 897. The van der Waals surface area contributed by atoms with Crippen molar-refractivity contribution >= 4 is 27.4 Å². The molecule has 1 aliphatic heterocycles. The summed E-state index contributed by atoms with van der Waals surface area (Å²) in [4.78, 5) is 22.8. The van der Waals surface area contributed by atoms with Gasteiger partial charge in [-0.3, -0.25) is 4.79 Å². The van der Waals surface area contributed by atoms with E-state index in [1.165, 1.54) is 12.4 Å². The van der Waals surface area contributed by atoms with E-state index in [2.05, 4.69) is 15.3 Å². The molecule has 1 saturated heterocycles. The number of aromatic nitrogens is 2. The van der Waals surface area contributed by atoms with Gasteiger partial charge in [-0.1, -0.05) is 12.1 Å². The fraction of sp³-hybridized carbons (Fsp3) is 0.389. The molecule has 2 heterocycles. The topological polar surface area (TPSA) is 92.3 Å². The molecule has 0 radical (unpaired) electrons. The van der Waals surface area contributed by atoms with Crippen LogP contribution >= 0.6 is 0 Å². The Balaban J connectivity index is 1.72. The molecular formula is C18H22N4O3S. The summed E-state index contributed by atoms with van der Waals surface area (Å²) < 4.78 is 23.4. The summed E-state index contributed by atoms with van der Waals surface area (Å²) in [6, 6.07) is 7.42. The highest BCUT2D eigenvalue weighted by Gasteiger charge is 2.32. The van der Waals surface area contributed by atoms with Gasteiger partial charge in [0, 0.05) is 30.7 Å². The van der Waals surface area contributed by atoms with Crippen LogP contribution < -0.4 is 10.2 Å². The summed E-state index contributed by atoms with van der Waals surface area (Å²) in [6.45, 7) is 4.50. The number of nitrogens with zero attached hydrogens (tertiary/aromatic N) is 3. The molecule has 1 aliphatic rings. The normalized spacial score (nSPS) is 18.5. The van der Waals surface area contributed by atoms with Crippen molar-refractivity contribution in [1.29, 1.82) is 0 Å². The van der Waals surface area contributed by atoms with Crippen LogP contribution in [0.25, 0.3) is 0 Å². The Morgan fingerprint density at radius 1 is 1.31 bits per heavy atom. The standard InChI is InChI=1S/C18H22N4O3S/c1-3-22(16-7-8-26(24,25)12-16)18-19-10-14(11-20-18)17(23)21-15-6-4-5-13(2)9-15/h4-6,9-11,16H,3,7-8,12H2,1-2H3,(H,21,23). The lowest BCUT2D eigenvalue weighted by Crippen LogP contribution is -2.37. The molecule has 1 aromatic heterocycles. The first-order valence-electron chi connectivity index (χ1n) is 8.55. The van der Waals surface area contributed by atoms with Gasteiger partial charge in [-0.2, -0.15) is 0 Å². The molecule has 138 valence electrons. The molecule has 0 aliphatic carbocycles. The fourth-order valence-corrected chi connectivity index (χ4v) is 4.83. The van der Waals surface area contributed by atoms with Crippen LogP contribution in [0.3, 0.4) is 0 Å². The predicted octanol–water partition coefficient (Wildman–Crippen LogP) is 2.05. The highest BCUT2D eigenvalue weighted by Crippen LogP contribution is 2.21. The zero-order valence-electron chi connectivity index (χ0n) is 14.8. The van der Waals surface area contributed by atoms with Gasteiger partial charge in [0.2, 0.25) is 5.95 Å². The van der Waals surface area contributed by atoms with Gasteiger partial charge in [0.15, 0.2) is 9.84 Å². The van der Waals surface area contributed by atoms with Crippen molar-refractivity contribution in [2.75, 3.05) is 28.3 Å². The van der Waals surface area contributed by atoms with Crippen LogP contribution in [0, 0.1) is 6.92 Å². The van der Waals surface area contributed by atoms with Crippen molar-refractivity contribution in [3.05, 3.63) is 47.8 Å². The van der Waals surface area contributed by atoms with E-state index < -0.39 is 9.84 Å². The molecule has 0 spiro atoms. The molecule has 1 amide bonds. The number of aryl methyl sites for hydroxylation is 1. The third kappa shape index (κ3) is 4.19. The lowest BCUT2D eigenvalue weighted by atomic mass is 10.2. The van der Waals surface area contributed by atoms with Gasteiger partial charge in [0.05, 0.1) is 17.1 Å². The molecule has 7 nitrogen and oxygen atoms in total. The first-order chi connectivity index (χ1) is 12.4. The number of benzene rings is 1. The van der Waals surface area contributed by atoms with Crippen LogP contribution in [-0.2, 0) is 9.84 Å². The molecule has 8 heteroatoms. The third-order valence-corrected chi connectivity index (χ3v) is 6.17. The van der Waals surface area contributed by atoms with E-state index in [0.717, 1.165) is 5.56 Å². The Hall–Kier alpha value is -2.48. The highest BCUT2D eigenvalue weighted by molar-refractivity contribution is 7.91. The zero-order chi connectivity index (χ0) is 18.7. The Kier molecular flexibility index (Phi) is 5.22. The average molecular weight is 374 g/mol. The molecule has 2 aromatic rings. The molecule has 0 bridgehead atoms. The monoisotopic (exact) mass is 374 g/mol. The lowest BCUT2D eigenvalue weighted by molar-refractivity contribution is 0.102. The Morgan fingerprint density at radius 3 is 2.62 bits per heavy atom. The van der Waals surface area contributed by atoms with Crippen molar-refractivity contribution in [3.63, 3.8) is 0 Å². The maximum Gasteiger partial charge on any atom is 0.258 e. The van der Waals surface area contributed by atoms with E-state index in [4.69, 9.17) is 0 Å². The average Bonchev–Trinajstić information content (AvgIpc) is 2.96. The van der Waals surface area contributed by atoms with E-state index in [1.807, 2.05) is 43.0 Å². The second-order valence-corrected chi connectivity index (χ2v) is 8.67. The molecule has 1 fully saturated rings. The van der Waals surface area contributed by atoms with Crippen LogP contribution in [-0.4, -0.2) is 48.4 Å². The summed E-state index contributed by atoms with van der Waals surface area (Å²) in [7, 11) is -2.98. The molecule has 0 saturated carbocycles. The van der Waals surface area contributed by atoms with Crippen molar-refractivity contribution in [2.24, 2.45) is 0 Å². The Labute approximate surface area is 153 Å². The maximum atomic E-state index is 12.3. The number of anilines is 2. The minimum absolute atomic E-state index is 0.114. The summed E-state index contributed by atoms with van der Waals surface area (Å²) in [5.74, 6) is 0.487. The highest BCUT2D eigenvalue weighted by atomic mass is 32.2. The number of nitrogens with one attached hydrogen (secondary N) is 1. The summed E-state index contributed by atoms with van der Waals surface area (Å²) in [6.07, 6.45) is 3.52. The smallest absolute Gasteiger partial charge is 0.258 e. The van der Waals surface area contributed by atoms with E-state index >= 15 is 0 Å².